The molecule has 0 N–H and O–H groups in total. The molecule has 0 aliphatic heterocycles. The van der Waals surface area contributed by atoms with Crippen molar-refractivity contribution in [1.82, 2.24) is 0 Å². The van der Waals surface area contributed by atoms with Gasteiger partial charge in [0, 0.05) is 10.5 Å². The third-order valence-corrected chi connectivity index (χ3v) is 5.24. The van der Waals surface area contributed by atoms with Crippen molar-refractivity contribution in [3.8, 4) is 11.8 Å². The van der Waals surface area contributed by atoms with Crippen LogP contribution in [0.25, 0.3) is 0 Å². The second-order valence-electron chi connectivity index (χ2n) is 5.33. The van der Waals surface area contributed by atoms with E-state index < -0.39 is 11.4 Å². The van der Waals surface area contributed by atoms with Crippen LogP contribution in [0, 0.1) is 11.3 Å². The highest BCUT2D eigenvalue weighted by atomic mass is 35.5. The Morgan fingerprint density at radius 1 is 1.24 bits per heavy atom. The van der Waals surface area contributed by atoms with Gasteiger partial charge < -0.3 is 9.47 Å². The summed E-state index contributed by atoms with van der Waals surface area (Å²) in [6.45, 7) is 3.44. The van der Waals surface area contributed by atoms with E-state index in [0.29, 0.717) is 16.3 Å². The van der Waals surface area contributed by atoms with Gasteiger partial charge in [-0.15, -0.1) is 0 Å². The summed E-state index contributed by atoms with van der Waals surface area (Å²) in [7, 11) is 1.51. The van der Waals surface area contributed by atoms with Gasteiger partial charge in [-0.05, 0) is 32.0 Å². The zero-order valence-electron chi connectivity index (χ0n) is 14.2. The fraction of sp³-hybridized carbons (Fsp3) is 0.263. The van der Waals surface area contributed by atoms with E-state index in [9.17, 15) is 10.1 Å². The summed E-state index contributed by atoms with van der Waals surface area (Å²) in [4.78, 5) is 14.0. The van der Waals surface area contributed by atoms with E-state index in [2.05, 4.69) is 6.07 Å². The van der Waals surface area contributed by atoms with Gasteiger partial charge in [0.25, 0.3) is 0 Å². The van der Waals surface area contributed by atoms with Gasteiger partial charge >= 0.3 is 5.97 Å². The number of nitriles is 1. The zero-order chi connectivity index (χ0) is 18.4. The van der Waals surface area contributed by atoms with Gasteiger partial charge in [-0.2, -0.15) is 5.26 Å². The summed E-state index contributed by atoms with van der Waals surface area (Å²) in [6.07, 6.45) is 0. The number of carbonyl (C=O) groups is 1. The molecule has 0 amide bonds. The van der Waals surface area contributed by atoms with Gasteiger partial charge in [-0.1, -0.05) is 47.6 Å². The molecular formula is C19H18ClNO3S. The summed E-state index contributed by atoms with van der Waals surface area (Å²) >= 11 is 7.64. The van der Waals surface area contributed by atoms with Crippen LogP contribution in [0.15, 0.2) is 52.3 Å². The molecule has 1 unspecified atom stereocenters. The molecule has 0 aliphatic carbocycles. The number of ether oxygens (including phenoxy) is 2. The molecule has 0 saturated carbocycles. The Morgan fingerprint density at radius 2 is 1.92 bits per heavy atom. The smallest absolute Gasteiger partial charge is 0.330 e. The van der Waals surface area contributed by atoms with E-state index in [4.69, 9.17) is 21.1 Å². The van der Waals surface area contributed by atoms with Crippen molar-refractivity contribution in [2.45, 2.75) is 29.1 Å². The molecule has 1 atom stereocenters. The number of nitrogens with zero attached hydrogens (tertiary/aromatic N) is 1. The first-order valence-electron chi connectivity index (χ1n) is 7.66. The molecule has 4 nitrogen and oxygen atoms in total. The van der Waals surface area contributed by atoms with Gasteiger partial charge in [0.2, 0.25) is 0 Å². The van der Waals surface area contributed by atoms with Crippen LogP contribution in [0.4, 0.5) is 0 Å². The van der Waals surface area contributed by atoms with Crippen LogP contribution in [0.5, 0.6) is 5.75 Å². The summed E-state index contributed by atoms with van der Waals surface area (Å²) < 4.78 is 10.6. The lowest BCUT2D eigenvalue weighted by Crippen LogP contribution is -2.33. The summed E-state index contributed by atoms with van der Waals surface area (Å²) in [6, 6.07) is 14.9. The van der Waals surface area contributed by atoms with Gasteiger partial charge in [0.15, 0.2) is 5.41 Å². The number of rotatable bonds is 6. The zero-order valence-corrected chi connectivity index (χ0v) is 15.8. The summed E-state index contributed by atoms with van der Waals surface area (Å²) in [5.41, 5.74) is -0.994. The highest BCUT2D eigenvalue weighted by Gasteiger charge is 2.40. The fourth-order valence-electron chi connectivity index (χ4n) is 2.34. The van der Waals surface area contributed by atoms with Crippen LogP contribution in [-0.2, 0) is 14.9 Å². The van der Waals surface area contributed by atoms with Crippen molar-refractivity contribution in [3.63, 3.8) is 0 Å². The first kappa shape index (κ1) is 19.2. The Morgan fingerprint density at radius 3 is 2.52 bits per heavy atom. The molecule has 0 fully saturated rings. The average Bonchev–Trinajstić information content (AvgIpc) is 2.63. The lowest BCUT2D eigenvalue weighted by atomic mass is 9.83. The Labute approximate surface area is 156 Å². The van der Waals surface area contributed by atoms with E-state index in [1.54, 1.807) is 25.1 Å². The normalized spacial score (nSPS) is 12.8. The van der Waals surface area contributed by atoms with Crippen molar-refractivity contribution < 1.29 is 14.3 Å². The van der Waals surface area contributed by atoms with Crippen LogP contribution in [-0.4, -0.2) is 19.7 Å². The number of para-hydroxylation sites is 1. The topological polar surface area (TPSA) is 59.3 Å². The number of benzene rings is 2. The molecule has 0 spiro atoms. The Hall–Kier alpha value is -2.16. The Balaban J connectivity index is 2.53. The van der Waals surface area contributed by atoms with Gasteiger partial charge in [-0.25, -0.2) is 4.79 Å². The van der Waals surface area contributed by atoms with Crippen molar-refractivity contribution in [2.24, 2.45) is 0 Å². The molecule has 0 aromatic heterocycles. The number of hydrogen-bond acceptors (Lipinski definition) is 5. The maximum Gasteiger partial charge on any atom is 0.330 e. The molecule has 6 heteroatoms. The van der Waals surface area contributed by atoms with E-state index in [1.807, 2.05) is 24.3 Å². The van der Waals surface area contributed by atoms with Gasteiger partial charge in [-0.3, -0.25) is 0 Å². The largest absolute Gasteiger partial charge is 0.495 e. The minimum Gasteiger partial charge on any atom is -0.495 e. The van der Waals surface area contributed by atoms with Gasteiger partial charge in [0.1, 0.15) is 5.75 Å². The van der Waals surface area contributed by atoms with Crippen molar-refractivity contribution >= 4 is 29.3 Å². The third-order valence-electron chi connectivity index (χ3n) is 3.69. The monoisotopic (exact) mass is 375 g/mol. The van der Waals surface area contributed by atoms with Gasteiger partial charge in [0.05, 0.1) is 29.7 Å². The van der Waals surface area contributed by atoms with Crippen LogP contribution in [0.1, 0.15) is 19.4 Å². The number of methoxy groups -OCH3 is 1. The molecule has 130 valence electrons. The standard InChI is InChI=1S/C19H18ClNO3S/c1-4-24-18(22)19(2,12-21)13-8-7-11-16(17(13)23-3)25-15-10-6-5-9-14(15)20/h5-11H,4H2,1-3H3. The molecule has 0 heterocycles. The lowest BCUT2D eigenvalue weighted by molar-refractivity contribution is -0.147. The van der Waals surface area contributed by atoms with E-state index in [-0.39, 0.29) is 6.61 Å². The highest BCUT2D eigenvalue weighted by molar-refractivity contribution is 7.99. The second kappa shape index (κ2) is 8.28. The van der Waals surface area contributed by atoms with E-state index >= 15 is 0 Å². The maximum atomic E-state index is 12.4. The predicted octanol–water partition coefficient (Wildman–Crippen LogP) is 4.84. The highest BCUT2D eigenvalue weighted by Crippen LogP contribution is 2.43. The molecule has 2 rings (SSSR count). The number of carbonyl (C=O) groups excluding carboxylic acids is 1. The second-order valence-corrected chi connectivity index (χ2v) is 6.82. The van der Waals surface area contributed by atoms with Crippen LogP contribution < -0.4 is 4.74 Å². The number of halogens is 1. The lowest BCUT2D eigenvalue weighted by Gasteiger charge is -2.23. The minimum atomic E-state index is -1.46. The van der Waals surface area contributed by atoms with E-state index in [0.717, 1.165) is 9.79 Å². The first-order valence-corrected chi connectivity index (χ1v) is 8.85. The van der Waals surface area contributed by atoms with Crippen LogP contribution in [0.2, 0.25) is 5.02 Å². The van der Waals surface area contributed by atoms with Crippen molar-refractivity contribution in [1.29, 1.82) is 5.26 Å². The van der Waals surface area contributed by atoms with Crippen LogP contribution >= 0.6 is 23.4 Å². The van der Waals surface area contributed by atoms with E-state index in [1.165, 1.54) is 25.8 Å². The minimum absolute atomic E-state index is 0.201. The molecule has 0 radical (unpaired) electrons. The molecule has 25 heavy (non-hydrogen) atoms. The summed E-state index contributed by atoms with van der Waals surface area (Å²) in [5.74, 6) is -0.139. The Kier molecular flexibility index (Phi) is 6.35. The molecule has 2 aromatic carbocycles. The van der Waals surface area contributed by atoms with Crippen LogP contribution in [0.3, 0.4) is 0 Å². The quantitative estimate of drug-likeness (QED) is 0.676. The molecule has 2 aromatic rings. The molecular weight excluding hydrogens is 358 g/mol. The Bertz CT molecular complexity index is 819. The molecule has 0 aliphatic rings. The third kappa shape index (κ3) is 3.92. The number of hydrogen-bond donors (Lipinski definition) is 0. The molecule has 0 bridgehead atoms. The average molecular weight is 376 g/mol. The first-order chi connectivity index (χ1) is 12.0. The fourth-order valence-corrected chi connectivity index (χ4v) is 3.57. The van der Waals surface area contributed by atoms with Crippen molar-refractivity contribution in [3.05, 3.63) is 53.1 Å². The van der Waals surface area contributed by atoms with Crippen molar-refractivity contribution in [2.75, 3.05) is 13.7 Å². The molecule has 0 saturated heterocycles. The SMILES string of the molecule is CCOC(=O)C(C)(C#N)c1cccc(Sc2ccccc2Cl)c1OC. The summed E-state index contributed by atoms with van der Waals surface area (Å²) in [5, 5.41) is 10.3. The maximum absolute atomic E-state index is 12.4. The predicted molar refractivity (Wildman–Crippen MR) is 98.2 cm³/mol. The number of esters is 1.